The molecule has 1 aromatic heterocycles. The Hall–Kier alpha value is -2.72. The third kappa shape index (κ3) is 6.88. The fourth-order valence-electron chi connectivity index (χ4n) is 4.42. The Balaban J connectivity index is 1.68. The van der Waals surface area contributed by atoms with E-state index in [-0.39, 0.29) is 23.0 Å². The monoisotopic (exact) mass is 450 g/mol. The van der Waals surface area contributed by atoms with Gasteiger partial charge in [-0.2, -0.15) is 5.26 Å². The maximum atomic E-state index is 12.3. The van der Waals surface area contributed by atoms with E-state index < -0.39 is 0 Å². The van der Waals surface area contributed by atoms with Crippen LogP contribution in [0.5, 0.6) is 0 Å². The van der Waals surface area contributed by atoms with Crippen LogP contribution in [0, 0.1) is 16.7 Å². The number of nitrogens with zero attached hydrogens (tertiary/aromatic N) is 4. The second kappa shape index (κ2) is 10.9. The molecule has 1 aliphatic heterocycles. The summed E-state index contributed by atoms with van der Waals surface area (Å²) in [6.45, 7) is 12.5. The number of carbonyl (C=O) groups is 1. The summed E-state index contributed by atoms with van der Waals surface area (Å²) in [5, 5.41) is 11.7. The van der Waals surface area contributed by atoms with Gasteiger partial charge in [-0.15, -0.1) is 0 Å². The SMILES string of the molecule is CC1(C)CC=C(CN=C(/C=C\CNC(=O)c2ncc(C#N)[nH]2)C(C)(C)N2CCCCC2)CC1. The molecule has 7 nitrogen and oxygen atoms in total. The number of nitriles is 1. The molecule has 1 fully saturated rings. The highest BCUT2D eigenvalue weighted by Crippen LogP contribution is 2.34. The quantitative estimate of drug-likeness (QED) is 0.453. The van der Waals surface area contributed by atoms with Gasteiger partial charge in [0.05, 0.1) is 24.0 Å². The molecule has 0 unspecified atom stereocenters. The van der Waals surface area contributed by atoms with Crippen molar-refractivity contribution in [2.45, 2.75) is 71.8 Å². The van der Waals surface area contributed by atoms with E-state index in [4.69, 9.17) is 10.3 Å². The number of H-pyrrole nitrogens is 1. The van der Waals surface area contributed by atoms with Crippen LogP contribution in [0.1, 0.15) is 82.5 Å². The average Bonchev–Trinajstić information content (AvgIpc) is 3.29. The van der Waals surface area contributed by atoms with E-state index in [1.807, 2.05) is 12.1 Å². The van der Waals surface area contributed by atoms with Gasteiger partial charge >= 0.3 is 0 Å². The van der Waals surface area contributed by atoms with E-state index in [0.29, 0.717) is 12.0 Å². The number of hydrogen-bond acceptors (Lipinski definition) is 5. The highest BCUT2D eigenvalue weighted by molar-refractivity contribution is 6.02. The van der Waals surface area contributed by atoms with E-state index in [0.717, 1.165) is 38.2 Å². The van der Waals surface area contributed by atoms with Crippen LogP contribution < -0.4 is 5.32 Å². The van der Waals surface area contributed by atoms with Gasteiger partial charge in [-0.25, -0.2) is 4.98 Å². The molecule has 1 aromatic rings. The Kier molecular flexibility index (Phi) is 8.25. The Morgan fingerprint density at radius 1 is 1.36 bits per heavy atom. The molecule has 7 heteroatoms. The Morgan fingerprint density at radius 3 is 2.76 bits per heavy atom. The van der Waals surface area contributed by atoms with Gasteiger partial charge in [0.25, 0.3) is 5.91 Å². The fourth-order valence-corrected chi connectivity index (χ4v) is 4.42. The van der Waals surface area contributed by atoms with Crippen LogP contribution in [0.2, 0.25) is 0 Å². The number of amides is 1. The molecule has 2 N–H and O–H groups in total. The van der Waals surface area contributed by atoms with Crippen molar-refractivity contribution < 1.29 is 4.79 Å². The maximum absolute atomic E-state index is 12.3. The minimum atomic E-state index is -0.329. The van der Waals surface area contributed by atoms with Gasteiger partial charge in [0.1, 0.15) is 11.8 Å². The van der Waals surface area contributed by atoms with E-state index in [1.54, 1.807) is 0 Å². The minimum absolute atomic E-state index is 0.148. The summed E-state index contributed by atoms with van der Waals surface area (Å²) < 4.78 is 0. The summed E-state index contributed by atoms with van der Waals surface area (Å²) in [7, 11) is 0. The molecule has 0 atom stereocenters. The molecule has 2 heterocycles. The number of likely N-dealkylation sites (tertiary alicyclic amines) is 1. The Bertz CT molecular complexity index is 954. The van der Waals surface area contributed by atoms with Gasteiger partial charge in [-0.05, 0) is 70.5 Å². The first-order valence-corrected chi connectivity index (χ1v) is 12.1. The molecule has 1 aliphatic carbocycles. The Labute approximate surface area is 198 Å². The summed E-state index contributed by atoms with van der Waals surface area (Å²) >= 11 is 0. The summed E-state index contributed by atoms with van der Waals surface area (Å²) in [6.07, 6.45) is 14.9. The van der Waals surface area contributed by atoms with Crippen LogP contribution in [0.15, 0.2) is 35.0 Å². The van der Waals surface area contributed by atoms with Gasteiger partial charge in [0, 0.05) is 6.54 Å². The number of piperidine rings is 1. The lowest BCUT2D eigenvalue weighted by Crippen LogP contribution is -2.51. The van der Waals surface area contributed by atoms with Gasteiger partial charge in [-0.3, -0.25) is 14.7 Å². The molecule has 1 saturated heterocycles. The van der Waals surface area contributed by atoms with Crippen LogP contribution in [0.3, 0.4) is 0 Å². The summed E-state index contributed by atoms with van der Waals surface area (Å²) in [5.41, 5.74) is 2.97. The largest absolute Gasteiger partial charge is 0.346 e. The molecule has 0 saturated carbocycles. The number of imidazole rings is 1. The third-order valence-corrected chi connectivity index (χ3v) is 6.86. The van der Waals surface area contributed by atoms with Crippen molar-refractivity contribution in [2.75, 3.05) is 26.2 Å². The first-order chi connectivity index (χ1) is 15.7. The molecular weight excluding hydrogens is 412 g/mol. The van der Waals surface area contributed by atoms with Gasteiger partial charge in [-0.1, -0.05) is 38.0 Å². The molecule has 33 heavy (non-hydrogen) atoms. The van der Waals surface area contributed by atoms with Crippen LogP contribution in [0.4, 0.5) is 0 Å². The second-order valence-corrected chi connectivity index (χ2v) is 10.4. The lowest BCUT2D eigenvalue weighted by molar-refractivity contribution is 0.0948. The molecule has 1 amide bonds. The standard InChI is InChI=1S/C26H38N6O/c1-25(2)12-10-20(11-13-25)18-29-22(26(3,4)32-15-6-5-7-16-32)9-8-14-28-24(33)23-30-19-21(17-27)31-23/h8-10,19H,5-7,11-16,18H2,1-4H3,(H,28,33)(H,30,31)/b9-8-,29-22?. The van der Waals surface area contributed by atoms with Crippen LogP contribution in [-0.4, -0.2) is 58.2 Å². The van der Waals surface area contributed by atoms with Crippen molar-refractivity contribution in [3.63, 3.8) is 0 Å². The number of aromatic nitrogens is 2. The minimum Gasteiger partial charge on any atom is -0.346 e. The molecule has 0 bridgehead atoms. The van der Waals surface area contributed by atoms with Crippen molar-refractivity contribution in [3.8, 4) is 6.07 Å². The maximum Gasteiger partial charge on any atom is 0.287 e. The summed E-state index contributed by atoms with van der Waals surface area (Å²) in [5.74, 6) is -0.181. The smallest absolute Gasteiger partial charge is 0.287 e. The zero-order valence-corrected chi connectivity index (χ0v) is 20.6. The molecule has 178 valence electrons. The molecule has 0 aromatic carbocycles. The van der Waals surface area contributed by atoms with Crippen molar-refractivity contribution in [1.82, 2.24) is 20.2 Å². The summed E-state index contributed by atoms with van der Waals surface area (Å²) in [6, 6.07) is 1.94. The van der Waals surface area contributed by atoms with E-state index >= 15 is 0 Å². The highest BCUT2D eigenvalue weighted by Gasteiger charge is 2.32. The zero-order chi connectivity index (χ0) is 23.9. The van der Waals surface area contributed by atoms with E-state index in [1.165, 1.54) is 37.5 Å². The topological polar surface area (TPSA) is 97.2 Å². The Morgan fingerprint density at radius 2 is 2.12 bits per heavy atom. The first-order valence-electron chi connectivity index (χ1n) is 12.1. The average molecular weight is 451 g/mol. The normalized spacial score (nSPS) is 19.8. The van der Waals surface area contributed by atoms with Gasteiger partial charge in [0.15, 0.2) is 5.82 Å². The fraction of sp³-hybridized carbons (Fsp3) is 0.615. The summed E-state index contributed by atoms with van der Waals surface area (Å²) in [4.78, 5) is 26.5. The first kappa shape index (κ1) is 24.9. The van der Waals surface area contributed by atoms with Crippen LogP contribution in [0.25, 0.3) is 0 Å². The second-order valence-electron chi connectivity index (χ2n) is 10.4. The van der Waals surface area contributed by atoms with Crippen molar-refractivity contribution >= 4 is 11.6 Å². The van der Waals surface area contributed by atoms with Gasteiger partial charge < -0.3 is 10.3 Å². The van der Waals surface area contributed by atoms with Crippen molar-refractivity contribution in [3.05, 3.63) is 41.5 Å². The molecule has 0 radical (unpaired) electrons. The lowest BCUT2D eigenvalue weighted by Gasteiger charge is -2.41. The van der Waals surface area contributed by atoms with E-state index in [2.05, 4.69) is 60.0 Å². The van der Waals surface area contributed by atoms with E-state index in [9.17, 15) is 4.79 Å². The lowest BCUT2D eigenvalue weighted by atomic mass is 9.78. The predicted octanol–water partition coefficient (Wildman–Crippen LogP) is 4.41. The van der Waals surface area contributed by atoms with Crippen molar-refractivity contribution in [2.24, 2.45) is 10.4 Å². The number of allylic oxidation sites excluding steroid dienone is 1. The number of rotatable bonds is 8. The third-order valence-electron chi connectivity index (χ3n) is 6.86. The van der Waals surface area contributed by atoms with Gasteiger partial charge in [0.2, 0.25) is 0 Å². The highest BCUT2D eigenvalue weighted by atomic mass is 16.2. The molecular formula is C26H38N6O. The number of aliphatic imine (C=N–C) groups is 1. The van der Waals surface area contributed by atoms with Crippen LogP contribution >= 0.6 is 0 Å². The zero-order valence-electron chi connectivity index (χ0n) is 20.6. The number of nitrogens with one attached hydrogen (secondary N) is 2. The van der Waals surface area contributed by atoms with Crippen molar-refractivity contribution in [1.29, 1.82) is 5.26 Å². The number of hydrogen-bond donors (Lipinski definition) is 2. The predicted molar refractivity (Wildman–Crippen MR) is 132 cm³/mol. The molecule has 0 spiro atoms. The number of aromatic amines is 1. The number of carbonyl (C=O) groups excluding carboxylic acids is 1. The van der Waals surface area contributed by atoms with Crippen LogP contribution in [-0.2, 0) is 0 Å². The molecule has 2 aliphatic rings. The molecule has 3 rings (SSSR count).